The van der Waals surface area contributed by atoms with Crippen LogP contribution >= 0.6 is 25.6 Å². The van der Waals surface area contributed by atoms with Crippen LogP contribution < -0.4 is 14.8 Å². The van der Waals surface area contributed by atoms with Crippen LogP contribution in [0.15, 0.2) is 0 Å². The van der Waals surface area contributed by atoms with Gasteiger partial charge in [0, 0.05) is 26.2 Å². The molecule has 0 amide bonds. The molecule has 0 aromatic carbocycles. The van der Waals surface area contributed by atoms with E-state index in [4.69, 9.17) is 0 Å². The van der Waals surface area contributed by atoms with E-state index in [9.17, 15) is 0 Å². The van der Waals surface area contributed by atoms with Gasteiger partial charge in [-0.2, -0.15) is 0 Å². The molecule has 0 heterocycles. The monoisotopic (exact) mass is 167 g/mol. The lowest BCUT2D eigenvalue weighted by Gasteiger charge is -2.00. The molecule has 0 unspecified atom stereocenters. The van der Waals surface area contributed by atoms with Gasteiger partial charge >= 0.3 is 0 Å². The van der Waals surface area contributed by atoms with Crippen LogP contribution in [0.25, 0.3) is 0 Å². The van der Waals surface area contributed by atoms with Gasteiger partial charge in [0.15, 0.2) is 0 Å². The third-order valence-corrected chi connectivity index (χ3v) is 1.27. The summed E-state index contributed by atoms with van der Waals surface area (Å²) in [6.07, 6.45) is 0. The minimum Gasteiger partial charge on any atom is -0.314 e. The van der Waals surface area contributed by atoms with Crippen molar-refractivity contribution >= 4 is 25.6 Å². The second-order valence-corrected chi connectivity index (χ2v) is 2.20. The van der Waals surface area contributed by atoms with Crippen molar-refractivity contribution in [1.29, 1.82) is 0 Å². The van der Waals surface area contributed by atoms with Gasteiger partial charge in [-0.1, -0.05) is 25.6 Å². The second-order valence-electron chi connectivity index (χ2n) is 1.57. The quantitative estimate of drug-likeness (QED) is 0.272. The molecule has 9 heavy (non-hydrogen) atoms. The number of nitrogens with one attached hydrogen (secondary N) is 3. The lowest BCUT2D eigenvalue weighted by molar-refractivity contribution is 0.674. The van der Waals surface area contributed by atoms with Crippen molar-refractivity contribution in [3.05, 3.63) is 0 Å². The Morgan fingerprint density at radius 3 is 1.56 bits per heavy atom. The molecule has 0 spiro atoms. The molecule has 0 fully saturated rings. The fraction of sp³-hybridized carbons (Fsp3) is 1.00. The summed E-state index contributed by atoms with van der Waals surface area (Å²) in [4.78, 5) is 0. The predicted molar refractivity (Wildman–Crippen MR) is 46.8 cm³/mol. The molecule has 0 saturated carbocycles. The van der Waals surface area contributed by atoms with Crippen molar-refractivity contribution in [2.75, 3.05) is 26.2 Å². The van der Waals surface area contributed by atoms with Crippen LogP contribution in [0, 0.1) is 0 Å². The Labute approximate surface area is 67.1 Å². The van der Waals surface area contributed by atoms with E-state index in [2.05, 4.69) is 40.4 Å². The first-order chi connectivity index (χ1) is 4.41. The molecule has 0 radical (unpaired) electrons. The van der Waals surface area contributed by atoms with Gasteiger partial charge in [0.2, 0.25) is 0 Å². The molecule has 0 saturated heterocycles. The van der Waals surface area contributed by atoms with Crippen LogP contribution in [0.3, 0.4) is 0 Å². The lowest BCUT2D eigenvalue weighted by Crippen LogP contribution is -2.28. The molecule has 0 aromatic heterocycles. The third-order valence-electron chi connectivity index (χ3n) is 0.827. The minimum atomic E-state index is 0.885. The summed E-state index contributed by atoms with van der Waals surface area (Å²) in [6, 6.07) is 0. The smallest absolute Gasteiger partial charge is 0.0182 e. The zero-order valence-corrected chi connectivity index (χ0v) is 7.01. The number of thiol groups is 2. The zero-order valence-electron chi connectivity index (χ0n) is 5.22. The highest BCUT2D eigenvalue weighted by molar-refractivity contribution is 7.78. The molecule has 56 valence electrons. The van der Waals surface area contributed by atoms with E-state index in [1.807, 2.05) is 0 Å². The molecule has 0 aliphatic heterocycles. The Bertz CT molecular complexity index is 47.1. The lowest BCUT2D eigenvalue weighted by atomic mass is 10.6. The average Bonchev–Trinajstić information content (AvgIpc) is 1.89. The van der Waals surface area contributed by atoms with E-state index < -0.39 is 0 Å². The van der Waals surface area contributed by atoms with Crippen molar-refractivity contribution in [2.45, 2.75) is 0 Å². The van der Waals surface area contributed by atoms with Crippen LogP contribution in [-0.2, 0) is 0 Å². The Balaban J connectivity index is 2.60. The maximum atomic E-state index is 3.82. The van der Waals surface area contributed by atoms with Crippen molar-refractivity contribution in [2.24, 2.45) is 0 Å². The molecule has 0 aliphatic carbocycles. The normalized spacial score (nSPS) is 10.0. The highest BCUT2D eigenvalue weighted by atomic mass is 32.1. The Kier molecular flexibility index (Phi) is 9.13. The van der Waals surface area contributed by atoms with Crippen molar-refractivity contribution in [3.63, 3.8) is 0 Å². The average molecular weight is 167 g/mol. The summed E-state index contributed by atoms with van der Waals surface area (Å²) in [5.74, 6) is 0. The van der Waals surface area contributed by atoms with Gasteiger partial charge in [-0.3, -0.25) is 9.44 Å². The summed E-state index contributed by atoms with van der Waals surface area (Å²) >= 11 is 7.65. The summed E-state index contributed by atoms with van der Waals surface area (Å²) < 4.78 is 5.47. The highest BCUT2D eigenvalue weighted by Gasteiger charge is 1.82. The summed E-state index contributed by atoms with van der Waals surface area (Å²) in [6.45, 7) is 3.66. The van der Waals surface area contributed by atoms with Crippen molar-refractivity contribution in [3.8, 4) is 0 Å². The molecule has 0 aliphatic rings. The van der Waals surface area contributed by atoms with E-state index in [-0.39, 0.29) is 0 Å². The first-order valence-corrected chi connectivity index (χ1v) is 3.76. The molecular weight excluding hydrogens is 154 g/mol. The van der Waals surface area contributed by atoms with E-state index in [0.717, 1.165) is 26.2 Å². The van der Waals surface area contributed by atoms with E-state index in [1.54, 1.807) is 0 Å². The molecule has 3 N–H and O–H groups in total. The van der Waals surface area contributed by atoms with Crippen LogP contribution in [0.4, 0.5) is 0 Å². The first kappa shape index (κ1) is 9.58. The fourth-order valence-electron chi connectivity index (χ4n) is 0.414. The second kappa shape index (κ2) is 8.58. The van der Waals surface area contributed by atoms with Crippen LogP contribution in [0.2, 0.25) is 0 Å². The number of rotatable bonds is 6. The number of hydrogen-bond donors (Lipinski definition) is 5. The summed E-state index contributed by atoms with van der Waals surface area (Å²) in [5, 5.41) is 3.16. The Morgan fingerprint density at radius 2 is 1.22 bits per heavy atom. The molecule has 0 rings (SSSR count). The van der Waals surface area contributed by atoms with E-state index in [1.165, 1.54) is 0 Å². The first-order valence-electron chi connectivity index (χ1n) is 2.86. The molecule has 0 atom stereocenters. The number of hydrogen-bond acceptors (Lipinski definition) is 5. The maximum absolute atomic E-state index is 3.82. The SMILES string of the molecule is SNCCNCCNS. The van der Waals surface area contributed by atoms with Gasteiger partial charge in [0.05, 0.1) is 0 Å². The van der Waals surface area contributed by atoms with Gasteiger partial charge in [0.25, 0.3) is 0 Å². The van der Waals surface area contributed by atoms with Gasteiger partial charge < -0.3 is 5.32 Å². The Hall–Kier alpha value is 0.580. The predicted octanol–water partition coefficient (Wildman–Crippen LogP) is -0.555. The van der Waals surface area contributed by atoms with Gasteiger partial charge in [-0.05, 0) is 0 Å². The van der Waals surface area contributed by atoms with E-state index in [0.29, 0.717) is 0 Å². The van der Waals surface area contributed by atoms with E-state index >= 15 is 0 Å². The maximum Gasteiger partial charge on any atom is 0.0182 e. The van der Waals surface area contributed by atoms with Gasteiger partial charge in [-0.15, -0.1) is 0 Å². The highest BCUT2D eigenvalue weighted by Crippen LogP contribution is 1.62. The summed E-state index contributed by atoms with van der Waals surface area (Å²) in [7, 11) is 0. The summed E-state index contributed by atoms with van der Waals surface area (Å²) in [5.41, 5.74) is 0. The minimum absolute atomic E-state index is 0.885. The fourth-order valence-corrected chi connectivity index (χ4v) is 0.637. The standard InChI is InChI=1S/C4H13N3S2/c8-6-3-1-5-2-4-7-9/h5-9H,1-4H2. The van der Waals surface area contributed by atoms with Crippen LogP contribution in [0.1, 0.15) is 0 Å². The van der Waals surface area contributed by atoms with Gasteiger partial charge in [0.1, 0.15) is 0 Å². The molecule has 5 heteroatoms. The van der Waals surface area contributed by atoms with Crippen LogP contribution in [-0.4, -0.2) is 26.2 Å². The van der Waals surface area contributed by atoms with Gasteiger partial charge in [-0.25, -0.2) is 0 Å². The molecule has 0 bridgehead atoms. The topological polar surface area (TPSA) is 36.1 Å². The van der Waals surface area contributed by atoms with Crippen molar-refractivity contribution < 1.29 is 0 Å². The van der Waals surface area contributed by atoms with Crippen molar-refractivity contribution in [1.82, 2.24) is 14.8 Å². The third kappa shape index (κ3) is 8.58. The molecular formula is C4H13N3S2. The Morgan fingerprint density at radius 1 is 0.778 bits per heavy atom. The zero-order chi connectivity index (χ0) is 6.95. The van der Waals surface area contributed by atoms with Crippen LogP contribution in [0.5, 0.6) is 0 Å². The largest absolute Gasteiger partial charge is 0.314 e. The molecule has 0 aromatic rings. The molecule has 3 nitrogen and oxygen atoms in total.